The summed E-state index contributed by atoms with van der Waals surface area (Å²) < 4.78 is 0. The van der Waals surface area contributed by atoms with Crippen LogP contribution in [0.25, 0.3) is 0 Å². The van der Waals surface area contributed by atoms with E-state index in [-0.39, 0.29) is 32.1 Å². The molecule has 166 valence electrons. The largest absolute Gasteiger partial charge is 0.480 e. The van der Waals surface area contributed by atoms with Crippen molar-refractivity contribution in [3.63, 3.8) is 0 Å². The Labute approximate surface area is 175 Å². The van der Waals surface area contributed by atoms with Crippen molar-refractivity contribution in [1.29, 1.82) is 0 Å². The summed E-state index contributed by atoms with van der Waals surface area (Å²) >= 11 is 0. The van der Waals surface area contributed by atoms with E-state index in [1.54, 1.807) is 38.1 Å². The van der Waals surface area contributed by atoms with Crippen molar-refractivity contribution in [2.24, 2.45) is 10.8 Å². The second-order valence-corrected chi connectivity index (χ2v) is 7.58. The minimum Gasteiger partial charge on any atom is -0.480 e. The molecule has 1 aromatic carbocycles. The lowest BCUT2D eigenvalue weighted by Gasteiger charge is -2.44. The van der Waals surface area contributed by atoms with Gasteiger partial charge < -0.3 is 20.4 Å². The van der Waals surface area contributed by atoms with Gasteiger partial charge in [0.15, 0.2) is 10.8 Å². The third kappa shape index (κ3) is 3.66. The third-order valence-electron chi connectivity index (χ3n) is 6.72. The zero-order valence-electron chi connectivity index (χ0n) is 17.8. The van der Waals surface area contributed by atoms with E-state index in [1.165, 1.54) is 13.8 Å². The van der Waals surface area contributed by atoms with Crippen molar-refractivity contribution < 1.29 is 39.6 Å². The van der Waals surface area contributed by atoms with E-state index in [0.717, 1.165) is 0 Å². The number of carbonyl (C=O) groups is 4. The predicted molar refractivity (Wildman–Crippen MR) is 108 cm³/mol. The number of carboxylic acid groups (broad SMARTS) is 4. The molecule has 0 unspecified atom stereocenters. The van der Waals surface area contributed by atoms with Crippen LogP contribution in [0.1, 0.15) is 64.5 Å². The maximum Gasteiger partial charge on any atom is 0.321 e. The molecule has 0 saturated carbocycles. The highest BCUT2D eigenvalue weighted by atomic mass is 16.4. The van der Waals surface area contributed by atoms with Gasteiger partial charge in [-0.05, 0) is 43.2 Å². The monoisotopic (exact) mass is 422 g/mol. The van der Waals surface area contributed by atoms with Crippen LogP contribution < -0.4 is 0 Å². The average molecular weight is 422 g/mol. The van der Waals surface area contributed by atoms with E-state index in [9.17, 15) is 39.6 Å². The van der Waals surface area contributed by atoms with Crippen LogP contribution >= 0.6 is 0 Å². The Hall–Kier alpha value is -2.90. The zero-order chi connectivity index (χ0) is 23.3. The van der Waals surface area contributed by atoms with Crippen molar-refractivity contribution >= 4 is 23.9 Å². The molecule has 0 fully saturated rings. The molecular weight excluding hydrogens is 392 g/mol. The summed E-state index contributed by atoms with van der Waals surface area (Å²) in [6, 6.07) is 6.27. The van der Waals surface area contributed by atoms with Crippen LogP contribution in [0.3, 0.4) is 0 Å². The summed E-state index contributed by atoms with van der Waals surface area (Å²) in [4.78, 5) is 47.6. The molecule has 0 amide bonds. The molecule has 0 saturated heterocycles. The summed E-state index contributed by atoms with van der Waals surface area (Å²) in [7, 11) is 0. The number of aliphatic carboxylic acids is 4. The van der Waals surface area contributed by atoms with E-state index in [4.69, 9.17) is 0 Å². The Kier molecular flexibility index (Phi) is 7.77. The lowest BCUT2D eigenvalue weighted by molar-refractivity contribution is -0.173. The van der Waals surface area contributed by atoms with Crippen molar-refractivity contribution in [3.8, 4) is 0 Å². The minimum absolute atomic E-state index is 0.107. The molecule has 0 bridgehead atoms. The first-order valence-electron chi connectivity index (χ1n) is 9.98. The van der Waals surface area contributed by atoms with E-state index in [0.29, 0.717) is 11.1 Å². The fourth-order valence-corrected chi connectivity index (χ4v) is 4.61. The summed E-state index contributed by atoms with van der Waals surface area (Å²) in [5, 5.41) is 38.7. The molecule has 8 heteroatoms. The Morgan fingerprint density at radius 3 is 1.37 bits per heavy atom. The van der Waals surface area contributed by atoms with Crippen LogP contribution in [0.2, 0.25) is 0 Å². The molecule has 0 aliphatic rings. The van der Waals surface area contributed by atoms with E-state index >= 15 is 0 Å². The Morgan fingerprint density at radius 1 is 0.667 bits per heavy atom. The zero-order valence-corrected chi connectivity index (χ0v) is 17.8. The van der Waals surface area contributed by atoms with Gasteiger partial charge in [-0.15, -0.1) is 0 Å². The van der Waals surface area contributed by atoms with Gasteiger partial charge in [-0.25, -0.2) is 0 Å². The normalized spacial score (nSPS) is 12.4. The molecule has 4 N–H and O–H groups in total. The van der Waals surface area contributed by atoms with E-state index in [2.05, 4.69) is 0 Å². The molecule has 0 spiro atoms. The Morgan fingerprint density at radius 2 is 1.10 bits per heavy atom. The molecule has 8 nitrogen and oxygen atoms in total. The molecule has 30 heavy (non-hydrogen) atoms. The first-order valence-corrected chi connectivity index (χ1v) is 9.98. The van der Waals surface area contributed by atoms with Crippen molar-refractivity contribution in [2.75, 3.05) is 0 Å². The van der Waals surface area contributed by atoms with Gasteiger partial charge >= 0.3 is 23.9 Å². The van der Waals surface area contributed by atoms with Gasteiger partial charge in [0, 0.05) is 5.41 Å². The highest BCUT2D eigenvalue weighted by Crippen LogP contribution is 2.50. The number of rotatable bonds is 12. The number of hydrogen-bond acceptors (Lipinski definition) is 4. The van der Waals surface area contributed by atoms with Gasteiger partial charge in [0.2, 0.25) is 0 Å². The van der Waals surface area contributed by atoms with Crippen LogP contribution in [-0.2, 0) is 31.0 Å². The predicted octanol–water partition coefficient (Wildman–Crippen LogP) is 3.42. The molecule has 0 radical (unpaired) electrons. The van der Waals surface area contributed by atoms with E-state index < -0.39 is 40.1 Å². The van der Waals surface area contributed by atoms with Gasteiger partial charge in [0.05, 0.1) is 0 Å². The molecule has 0 aliphatic carbocycles. The maximum atomic E-state index is 12.2. The van der Waals surface area contributed by atoms with Crippen LogP contribution in [0.15, 0.2) is 24.3 Å². The van der Waals surface area contributed by atoms with Crippen molar-refractivity contribution in [1.82, 2.24) is 0 Å². The highest BCUT2D eigenvalue weighted by molar-refractivity contribution is 6.00. The summed E-state index contributed by atoms with van der Waals surface area (Å²) in [6.07, 6.45) is 0.0652. The molecule has 0 atom stereocenters. The number of benzene rings is 1. The van der Waals surface area contributed by atoms with Crippen LogP contribution in [0.5, 0.6) is 0 Å². The quantitative estimate of drug-likeness (QED) is 0.374. The topological polar surface area (TPSA) is 149 Å². The van der Waals surface area contributed by atoms with Gasteiger partial charge in [-0.1, -0.05) is 52.0 Å². The first kappa shape index (κ1) is 25.1. The average Bonchev–Trinajstić information content (AvgIpc) is 2.69. The van der Waals surface area contributed by atoms with Gasteiger partial charge in [-0.2, -0.15) is 0 Å². The fourth-order valence-electron chi connectivity index (χ4n) is 4.61. The van der Waals surface area contributed by atoms with Gasteiger partial charge in [0.25, 0.3) is 0 Å². The smallest absolute Gasteiger partial charge is 0.321 e. The lowest BCUT2D eigenvalue weighted by Crippen LogP contribution is -2.55. The van der Waals surface area contributed by atoms with Crippen LogP contribution in [0, 0.1) is 10.8 Å². The third-order valence-corrected chi connectivity index (χ3v) is 6.72. The molecule has 1 aromatic rings. The SMILES string of the molecule is CCC(Cc1ccc(C(CC)(CC)C(CC)(C(=O)O)C(=O)O)cc1)(C(=O)O)C(=O)O. The van der Waals surface area contributed by atoms with Crippen molar-refractivity contribution in [3.05, 3.63) is 35.4 Å². The molecule has 0 heterocycles. The second-order valence-electron chi connectivity index (χ2n) is 7.58. The standard InChI is InChI=1S/C22H30O8/c1-5-20(16(23)24,17(25)26)13-14-9-11-15(12-10-14)21(6-2,7-3)22(8-4,18(27)28)19(29)30/h9-12H,5-8,13H2,1-4H3,(H,23,24)(H,25,26)(H,27,28)(H,29,30). The fraction of sp³-hybridized carbons (Fsp3) is 0.545. The van der Waals surface area contributed by atoms with Crippen LogP contribution in [0.4, 0.5) is 0 Å². The summed E-state index contributed by atoms with van der Waals surface area (Å²) in [5.74, 6) is -5.68. The lowest BCUT2D eigenvalue weighted by atomic mass is 9.55. The van der Waals surface area contributed by atoms with Crippen LogP contribution in [-0.4, -0.2) is 44.3 Å². The molecule has 0 aromatic heterocycles. The van der Waals surface area contributed by atoms with Crippen molar-refractivity contribution in [2.45, 2.75) is 65.2 Å². The summed E-state index contributed by atoms with van der Waals surface area (Å²) in [5.41, 5.74) is -4.23. The molecule has 1 rings (SSSR count). The number of carboxylic acids is 4. The van der Waals surface area contributed by atoms with Gasteiger partial charge in [-0.3, -0.25) is 19.2 Å². The second kappa shape index (κ2) is 9.28. The minimum atomic E-state index is -2.03. The van der Waals surface area contributed by atoms with E-state index in [1.807, 2.05) is 0 Å². The maximum absolute atomic E-state index is 12.2. The Bertz CT molecular complexity index is 777. The molecular formula is C22H30O8. The highest BCUT2D eigenvalue weighted by Gasteiger charge is 2.60. The molecule has 0 aliphatic heterocycles. The summed E-state index contributed by atoms with van der Waals surface area (Å²) in [6.45, 7) is 6.51. The van der Waals surface area contributed by atoms with Gasteiger partial charge in [0.1, 0.15) is 0 Å². The number of hydrogen-bond donors (Lipinski definition) is 4. The first-order chi connectivity index (χ1) is 13.9. The Balaban J connectivity index is 3.57.